The molecule has 3 nitrogen and oxygen atoms in total. The zero-order valence-corrected chi connectivity index (χ0v) is 12.5. The molecule has 2 atom stereocenters. The van der Waals surface area contributed by atoms with E-state index in [0.717, 1.165) is 13.0 Å². The lowest BCUT2D eigenvalue weighted by molar-refractivity contribution is -0.150. The maximum Gasteiger partial charge on any atom is 0.323 e. The van der Waals surface area contributed by atoms with Gasteiger partial charge in [0.2, 0.25) is 0 Å². The van der Waals surface area contributed by atoms with E-state index < -0.39 is 0 Å². The highest BCUT2D eigenvalue weighted by molar-refractivity contribution is 5.76. The summed E-state index contributed by atoms with van der Waals surface area (Å²) in [7, 11) is 0. The largest absolute Gasteiger partial charge is 0.465 e. The molecule has 1 aliphatic rings. The van der Waals surface area contributed by atoms with E-state index in [2.05, 4.69) is 37.0 Å². The van der Waals surface area contributed by atoms with Gasteiger partial charge in [0, 0.05) is 12.6 Å². The summed E-state index contributed by atoms with van der Waals surface area (Å²) in [5, 5.41) is 0. The van der Waals surface area contributed by atoms with Gasteiger partial charge in [-0.15, -0.1) is 0 Å². The number of benzene rings is 1. The molecule has 3 heteroatoms. The third kappa shape index (κ3) is 3.28. The third-order valence-corrected chi connectivity index (χ3v) is 3.90. The molecule has 1 aromatic carbocycles. The van der Waals surface area contributed by atoms with Crippen molar-refractivity contribution in [2.24, 2.45) is 0 Å². The minimum Gasteiger partial charge on any atom is -0.465 e. The molecule has 0 aromatic heterocycles. The van der Waals surface area contributed by atoms with Crippen molar-refractivity contribution in [2.75, 3.05) is 13.2 Å². The molecule has 0 spiro atoms. The van der Waals surface area contributed by atoms with Crippen molar-refractivity contribution < 1.29 is 9.53 Å². The summed E-state index contributed by atoms with van der Waals surface area (Å²) in [6.45, 7) is 7.32. The van der Waals surface area contributed by atoms with Crippen LogP contribution in [0.15, 0.2) is 42.0 Å². The van der Waals surface area contributed by atoms with E-state index in [-0.39, 0.29) is 18.1 Å². The molecule has 0 fully saturated rings. The molecule has 20 heavy (non-hydrogen) atoms. The Morgan fingerprint density at radius 2 is 2.10 bits per heavy atom. The van der Waals surface area contributed by atoms with Crippen LogP contribution in [0.3, 0.4) is 0 Å². The van der Waals surface area contributed by atoms with Gasteiger partial charge in [0.1, 0.15) is 6.04 Å². The molecule has 108 valence electrons. The molecule has 1 aliphatic heterocycles. The summed E-state index contributed by atoms with van der Waals surface area (Å²) in [5.74, 6) is -0.109. The topological polar surface area (TPSA) is 29.5 Å². The fourth-order valence-corrected chi connectivity index (χ4v) is 2.70. The first kappa shape index (κ1) is 14.8. The summed E-state index contributed by atoms with van der Waals surface area (Å²) in [6, 6.07) is 10.3. The van der Waals surface area contributed by atoms with Gasteiger partial charge in [-0.05, 0) is 32.8 Å². The van der Waals surface area contributed by atoms with Crippen LogP contribution in [0.25, 0.3) is 0 Å². The van der Waals surface area contributed by atoms with E-state index in [4.69, 9.17) is 4.74 Å². The summed E-state index contributed by atoms with van der Waals surface area (Å²) in [6.07, 6.45) is 2.96. The van der Waals surface area contributed by atoms with Crippen LogP contribution in [-0.2, 0) is 9.53 Å². The Kier molecular flexibility index (Phi) is 4.96. The lowest BCUT2D eigenvalue weighted by Crippen LogP contribution is -2.45. The van der Waals surface area contributed by atoms with Gasteiger partial charge in [-0.2, -0.15) is 0 Å². The number of carbonyl (C=O) groups is 1. The molecule has 0 aliphatic carbocycles. The Morgan fingerprint density at radius 1 is 1.40 bits per heavy atom. The predicted octanol–water partition coefficient (Wildman–Crippen LogP) is 3.33. The second-order valence-corrected chi connectivity index (χ2v) is 5.31. The zero-order chi connectivity index (χ0) is 14.5. The molecule has 1 aromatic rings. The second kappa shape index (κ2) is 6.71. The van der Waals surface area contributed by atoms with Crippen molar-refractivity contribution in [1.82, 2.24) is 4.90 Å². The van der Waals surface area contributed by atoms with E-state index in [1.807, 2.05) is 25.1 Å². The fraction of sp³-hybridized carbons (Fsp3) is 0.471. The Morgan fingerprint density at radius 3 is 2.75 bits per heavy atom. The van der Waals surface area contributed by atoms with Crippen LogP contribution in [0.5, 0.6) is 0 Å². The van der Waals surface area contributed by atoms with Crippen molar-refractivity contribution in [3.63, 3.8) is 0 Å². The van der Waals surface area contributed by atoms with Crippen molar-refractivity contribution in [3.05, 3.63) is 47.5 Å². The number of hydrogen-bond donors (Lipinski definition) is 0. The van der Waals surface area contributed by atoms with E-state index in [9.17, 15) is 4.79 Å². The van der Waals surface area contributed by atoms with Gasteiger partial charge >= 0.3 is 5.97 Å². The third-order valence-electron chi connectivity index (χ3n) is 3.90. The number of esters is 1. The monoisotopic (exact) mass is 273 g/mol. The van der Waals surface area contributed by atoms with Crippen molar-refractivity contribution in [3.8, 4) is 0 Å². The minimum atomic E-state index is -0.171. The molecular weight excluding hydrogens is 250 g/mol. The number of carbonyl (C=O) groups excluding carboxylic acids is 1. The lowest BCUT2D eigenvalue weighted by Gasteiger charge is -2.37. The molecule has 0 amide bonds. The van der Waals surface area contributed by atoms with Crippen LogP contribution in [0.2, 0.25) is 0 Å². The summed E-state index contributed by atoms with van der Waals surface area (Å²) in [5.41, 5.74) is 2.49. The maximum atomic E-state index is 12.2. The Labute approximate surface area is 121 Å². The summed E-state index contributed by atoms with van der Waals surface area (Å²) in [4.78, 5) is 14.4. The van der Waals surface area contributed by atoms with Crippen LogP contribution in [0.1, 0.15) is 38.8 Å². The quantitative estimate of drug-likeness (QED) is 0.622. The minimum absolute atomic E-state index is 0.109. The molecule has 2 rings (SSSR count). The number of hydrogen-bond acceptors (Lipinski definition) is 3. The highest BCUT2D eigenvalue weighted by Gasteiger charge is 2.33. The van der Waals surface area contributed by atoms with Crippen LogP contribution >= 0.6 is 0 Å². The normalized spacial score (nSPS) is 21.1. The highest BCUT2D eigenvalue weighted by Crippen LogP contribution is 2.28. The van der Waals surface area contributed by atoms with Gasteiger partial charge in [0.05, 0.1) is 6.61 Å². The van der Waals surface area contributed by atoms with Gasteiger partial charge in [0.25, 0.3) is 0 Å². The molecular formula is C17H23NO2. The van der Waals surface area contributed by atoms with Crippen LogP contribution < -0.4 is 0 Å². The molecule has 0 bridgehead atoms. The summed E-state index contributed by atoms with van der Waals surface area (Å²) < 4.78 is 5.24. The number of ether oxygens (including phenoxy) is 1. The van der Waals surface area contributed by atoms with Gasteiger partial charge in [-0.1, -0.05) is 42.0 Å². The van der Waals surface area contributed by atoms with Crippen LogP contribution in [-0.4, -0.2) is 30.1 Å². The predicted molar refractivity (Wildman–Crippen MR) is 80.4 cm³/mol. The van der Waals surface area contributed by atoms with E-state index >= 15 is 0 Å². The number of nitrogens with zero attached hydrogens (tertiary/aromatic N) is 1. The SMILES string of the molecule is CCOC(=O)C1CC(C)=CCN1C(C)c1ccccc1. The molecule has 0 saturated carbocycles. The molecule has 0 saturated heterocycles. The van der Waals surface area contributed by atoms with Gasteiger partial charge in [0.15, 0.2) is 0 Å². The van der Waals surface area contributed by atoms with Crippen LogP contribution in [0, 0.1) is 0 Å². The molecule has 0 N–H and O–H groups in total. The summed E-state index contributed by atoms with van der Waals surface area (Å²) >= 11 is 0. The van der Waals surface area contributed by atoms with E-state index in [1.54, 1.807) is 0 Å². The second-order valence-electron chi connectivity index (χ2n) is 5.31. The highest BCUT2D eigenvalue weighted by atomic mass is 16.5. The van der Waals surface area contributed by atoms with Crippen molar-refractivity contribution in [2.45, 2.75) is 39.3 Å². The van der Waals surface area contributed by atoms with Crippen molar-refractivity contribution in [1.29, 1.82) is 0 Å². The fourth-order valence-electron chi connectivity index (χ4n) is 2.70. The number of rotatable bonds is 4. The standard InChI is InChI=1S/C17H23NO2/c1-4-20-17(19)16-12-13(2)10-11-18(16)14(3)15-8-6-5-7-9-15/h5-10,14,16H,4,11-12H2,1-3H3. The first-order chi connectivity index (χ1) is 9.63. The average molecular weight is 273 g/mol. The molecule has 2 unspecified atom stereocenters. The van der Waals surface area contributed by atoms with E-state index in [0.29, 0.717) is 6.61 Å². The molecule has 0 radical (unpaired) electrons. The van der Waals surface area contributed by atoms with E-state index in [1.165, 1.54) is 11.1 Å². The maximum absolute atomic E-state index is 12.2. The molecule has 1 heterocycles. The Bertz CT molecular complexity index is 481. The Balaban J connectivity index is 2.20. The smallest absolute Gasteiger partial charge is 0.323 e. The van der Waals surface area contributed by atoms with Gasteiger partial charge < -0.3 is 4.74 Å². The zero-order valence-electron chi connectivity index (χ0n) is 12.5. The van der Waals surface area contributed by atoms with Crippen molar-refractivity contribution >= 4 is 5.97 Å². The first-order valence-electron chi connectivity index (χ1n) is 7.26. The van der Waals surface area contributed by atoms with Crippen LogP contribution in [0.4, 0.5) is 0 Å². The average Bonchev–Trinajstić information content (AvgIpc) is 2.47. The van der Waals surface area contributed by atoms with Gasteiger partial charge in [-0.3, -0.25) is 9.69 Å². The first-order valence-corrected chi connectivity index (χ1v) is 7.26. The lowest BCUT2D eigenvalue weighted by atomic mass is 9.97. The Hall–Kier alpha value is -1.61. The van der Waals surface area contributed by atoms with Gasteiger partial charge in [-0.25, -0.2) is 0 Å².